The van der Waals surface area contributed by atoms with Gasteiger partial charge in [0.1, 0.15) is 12.1 Å². The van der Waals surface area contributed by atoms with Crippen molar-refractivity contribution in [2.24, 2.45) is 11.7 Å². The zero-order chi connectivity index (χ0) is 16.2. The van der Waals surface area contributed by atoms with Gasteiger partial charge >= 0.3 is 0 Å². The zero-order valence-corrected chi connectivity index (χ0v) is 12.1. The molecule has 4 N–H and O–H groups in total. The van der Waals surface area contributed by atoms with E-state index in [0.717, 1.165) is 0 Å². The van der Waals surface area contributed by atoms with Crippen LogP contribution in [0.5, 0.6) is 0 Å². The Balaban J connectivity index is 2.75. The first-order valence-corrected chi connectivity index (χ1v) is 6.70. The van der Waals surface area contributed by atoms with Gasteiger partial charge in [0.05, 0.1) is 12.2 Å². The molecule has 1 aliphatic rings. The first-order chi connectivity index (χ1) is 9.76. The summed E-state index contributed by atoms with van der Waals surface area (Å²) in [5.74, 6) is -2.05. The van der Waals surface area contributed by atoms with Gasteiger partial charge in [0, 0.05) is 25.8 Å². The van der Waals surface area contributed by atoms with Gasteiger partial charge in [-0.3, -0.25) is 14.4 Å². The van der Waals surface area contributed by atoms with Crippen LogP contribution >= 0.6 is 0 Å². The number of primary amides is 1. The van der Waals surface area contributed by atoms with Gasteiger partial charge in [0.2, 0.25) is 17.7 Å². The summed E-state index contributed by atoms with van der Waals surface area (Å²) in [7, 11) is 0. The van der Waals surface area contributed by atoms with E-state index in [1.807, 2.05) is 6.07 Å². The second-order valence-corrected chi connectivity index (χ2v) is 5.31. The zero-order valence-electron chi connectivity index (χ0n) is 12.1. The molecule has 0 aromatic rings. The number of likely N-dealkylation sites (tertiary alicyclic amines) is 1. The van der Waals surface area contributed by atoms with Crippen molar-refractivity contribution in [1.29, 1.82) is 5.26 Å². The molecule has 1 rings (SSSR count). The first kappa shape index (κ1) is 16.9. The number of aliphatic hydroxyl groups is 1. The lowest BCUT2D eigenvalue weighted by atomic mass is 10.0. The summed E-state index contributed by atoms with van der Waals surface area (Å²) in [5, 5.41) is 20.8. The van der Waals surface area contributed by atoms with Crippen molar-refractivity contribution >= 4 is 17.7 Å². The molecule has 1 heterocycles. The predicted molar refractivity (Wildman–Crippen MR) is 72.3 cm³/mol. The number of nitrogens with one attached hydrogen (secondary N) is 1. The van der Waals surface area contributed by atoms with Crippen molar-refractivity contribution in [3.05, 3.63) is 0 Å². The SMILES string of the molecule is CC(=O)N1C[C@H](O)C[C@H]1C(=O)N[C@H](C[C@@H](C)C#N)C(N)=O. The molecule has 0 aromatic heterocycles. The molecule has 0 spiro atoms. The molecule has 0 unspecified atom stereocenters. The van der Waals surface area contributed by atoms with Crippen LogP contribution in [0.15, 0.2) is 0 Å². The molecule has 8 nitrogen and oxygen atoms in total. The first-order valence-electron chi connectivity index (χ1n) is 6.70. The lowest BCUT2D eigenvalue weighted by Gasteiger charge is -2.24. The number of amides is 3. The van der Waals surface area contributed by atoms with Crippen LogP contribution in [0.1, 0.15) is 26.7 Å². The van der Waals surface area contributed by atoms with Gasteiger partial charge in [-0.25, -0.2) is 0 Å². The lowest BCUT2D eigenvalue weighted by molar-refractivity contribution is -0.138. The normalized spacial score (nSPS) is 24.0. The molecule has 4 atom stereocenters. The Bertz CT molecular complexity index is 473. The van der Waals surface area contributed by atoms with Crippen LogP contribution in [0.4, 0.5) is 0 Å². The summed E-state index contributed by atoms with van der Waals surface area (Å²) >= 11 is 0. The maximum Gasteiger partial charge on any atom is 0.243 e. The van der Waals surface area contributed by atoms with Crippen molar-refractivity contribution in [2.75, 3.05) is 6.54 Å². The van der Waals surface area contributed by atoms with Crippen LogP contribution in [0, 0.1) is 17.2 Å². The number of nitrogens with zero attached hydrogens (tertiary/aromatic N) is 2. The molecule has 0 aromatic carbocycles. The summed E-state index contributed by atoms with van der Waals surface area (Å²) in [6, 6.07) is 0.168. The van der Waals surface area contributed by atoms with E-state index in [2.05, 4.69) is 5.32 Å². The van der Waals surface area contributed by atoms with Crippen molar-refractivity contribution in [2.45, 2.75) is 44.9 Å². The number of carbonyl (C=O) groups excluding carboxylic acids is 3. The third kappa shape index (κ3) is 4.43. The van der Waals surface area contributed by atoms with E-state index in [-0.39, 0.29) is 25.3 Å². The molecular weight excluding hydrogens is 276 g/mol. The minimum absolute atomic E-state index is 0.0866. The monoisotopic (exact) mass is 296 g/mol. The van der Waals surface area contributed by atoms with E-state index in [1.165, 1.54) is 11.8 Å². The molecule has 3 amide bonds. The van der Waals surface area contributed by atoms with Crippen LogP contribution in [0.3, 0.4) is 0 Å². The number of aliphatic hydroxyl groups excluding tert-OH is 1. The van der Waals surface area contributed by atoms with Gasteiger partial charge in [-0.2, -0.15) is 5.26 Å². The Labute approximate surface area is 122 Å². The van der Waals surface area contributed by atoms with E-state index in [0.29, 0.717) is 0 Å². The van der Waals surface area contributed by atoms with Crippen LogP contribution in [0.25, 0.3) is 0 Å². The van der Waals surface area contributed by atoms with Gasteiger partial charge < -0.3 is 21.1 Å². The molecule has 0 saturated carbocycles. The summed E-state index contributed by atoms with van der Waals surface area (Å²) in [4.78, 5) is 36.2. The third-order valence-corrected chi connectivity index (χ3v) is 3.46. The van der Waals surface area contributed by atoms with Crippen LogP contribution in [-0.2, 0) is 14.4 Å². The van der Waals surface area contributed by atoms with Gasteiger partial charge in [-0.15, -0.1) is 0 Å². The molecule has 1 aliphatic heterocycles. The predicted octanol–water partition coefficient (Wildman–Crippen LogP) is -1.51. The molecule has 0 bridgehead atoms. The molecule has 1 fully saturated rings. The summed E-state index contributed by atoms with van der Waals surface area (Å²) < 4.78 is 0. The van der Waals surface area contributed by atoms with Crippen molar-refractivity contribution < 1.29 is 19.5 Å². The van der Waals surface area contributed by atoms with E-state index in [1.54, 1.807) is 6.92 Å². The minimum Gasteiger partial charge on any atom is -0.391 e. The molecular formula is C13H20N4O4. The summed E-state index contributed by atoms with van der Waals surface area (Å²) in [5.41, 5.74) is 5.22. The number of nitriles is 1. The fourth-order valence-corrected chi connectivity index (χ4v) is 2.33. The highest BCUT2D eigenvalue weighted by Gasteiger charge is 2.38. The van der Waals surface area contributed by atoms with E-state index < -0.39 is 35.9 Å². The number of hydrogen-bond donors (Lipinski definition) is 3. The highest BCUT2D eigenvalue weighted by molar-refractivity contribution is 5.91. The van der Waals surface area contributed by atoms with Gasteiger partial charge in [-0.1, -0.05) is 0 Å². The number of nitrogens with two attached hydrogens (primary N) is 1. The Kier molecular flexibility index (Phi) is 5.67. The molecule has 8 heteroatoms. The molecule has 21 heavy (non-hydrogen) atoms. The van der Waals surface area contributed by atoms with Crippen molar-refractivity contribution in [3.8, 4) is 6.07 Å². The maximum atomic E-state index is 12.2. The van der Waals surface area contributed by atoms with Gasteiger partial charge in [0.25, 0.3) is 0 Å². The van der Waals surface area contributed by atoms with Gasteiger partial charge in [0.15, 0.2) is 0 Å². The lowest BCUT2D eigenvalue weighted by Crippen LogP contribution is -2.52. The Morgan fingerprint density at radius 2 is 2.14 bits per heavy atom. The highest BCUT2D eigenvalue weighted by Crippen LogP contribution is 2.18. The van der Waals surface area contributed by atoms with Crippen molar-refractivity contribution in [1.82, 2.24) is 10.2 Å². The summed E-state index contributed by atoms with van der Waals surface area (Å²) in [6.45, 7) is 3.01. The average Bonchev–Trinajstić information content (AvgIpc) is 2.79. The van der Waals surface area contributed by atoms with E-state index >= 15 is 0 Å². The standard InChI is InChI=1S/C13H20N4O4/c1-7(5-14)3-10(12(15)20)16-13(21)11-4-9(19)6-17(11)8(2)18/h7,9-11,19H,3-4,6H2,1-2H3,(H2,15,20)(H,16,21)/t7-,9-,10-,11+/m1/s1. The Hall–Kier alpha value is -2.14. The molecule has 0 radical (unpaired) electrons. The Morgan fingerprint density at radius 3 is 2.62 bits per heavy atom. The number of carbonyl (C=O) groups is 3. The molecule has 1 saturated heterocycles. The van der Waals surface area contributed by atoms with E-state index in [9.17, 15) is 19.5 Å². The topological polar surface area (TPSA) is 137 Å². The van der Waals surface area contributed by atoms with Crippen LogP contribution in [-0.4, -0.2) is 52.5 Å². The number of β-amino-alcohol motifs (C(OH)–C–C–N with tert-alkyl or cyclic N) is 1. The number of rotatable bonds is 5. The van der Waals surface area contributed by atoms with Crippen LogP contribution < -0.4 is 11.1 Å². The van der Waals surface area contributed by atoms with E-state index in [4.69, 9.17) is 11.0 Å². The van der Waals surface area contributed by atoms with Crippen molar-refractivity contribution in [3.63, 3.8) is 0 Å². The van der Waals surface area contributed by atoms with Crippen LogP contribution in [0.2, 0.25) is 0 Å². The highest BCUT2D eigenvalue weighted by atomic mass is 16.3. The molecule has 0 aliphatic carbocycles. The fourth-order valence-electron chi connectivity index (χ4n) is 2.33. The molecule has 116 valence electrons. The third-order valence-electron chi connectivity index (χ3n) is 3.46. The fraction of sp³-hybridized carbons (Fsp3) is 0.692. The second kappa shape index (κ2) is 7.04. The maximum absolute atomic E-state index is 12.2. The average molecular weight is 296 g/mol. The minimum atomic E-state index is -0.973. The number of hydrogen-bond acceptors (Lipinski definition) is 5. The quantitative estimate of drug-likeness (QED) is 0.566. The largest absolute Gasteiger partial charge is 0.391 e. The second-order valence-electron chi connectivity index (χ2n) is 5.31. The Morgan fingerprint density at radius 1 is 1.52 bits per heavy atom. The smallest absolute Gasteiger partial charge is 0.243 e. The van der Waals surface area contributed by atoms with Gasteiger partial charge in [-0.05, 0) is 13.3 Å². The summed E-state index contributed by atoms with van der Waals surface area (Å²) in [6.07, 6.45) is -0.549.